The van der Waals surface area contributed by atoms with E-state index in [1.54, 1.807) is 0 Å². The zero-order valence-corrected chi connectivity index (χ0v) is 16.6. The van der Waals surface area contributed by atoms with Crippen LogP contribution in [0.15, 0.2) is 30.6 Å². The smallest absolute Gasteiger partial charge is 0.268 e. The number of carbonyl (C=O) groups is 2. The van der Waals surface area contributed by atoms with Gasteiger partial charge in [-0.1, -0.05) is 12.1 Å². The standard InChI is InChI=1S/C20H22F2N6O3/c21-15-3-1-2-13(16(15)22)10-24-17(29)20(31)4-7-28(18(20)30)14-11-25-19(26-12-14)27-8-5-23-6-9-27/h1-3,11-12,23,31H,4-10H2,(H,24,29). The third-order valence-corrected chi connectivity index (χ3v) is 5.48. The Hall–Kier alpha value is -3.18. The summed E-state index contributed by atoms with van der Waals surface area (Å²) in [4.78, 5) is 37.2. The van der Waals surface area contributed by atoms with Gasteiger partial charge in [0.25, 0.3) is 11.8 Å². The molecule has 164 valence electrons. The van der Waals surface area contributed by atoms with Crippen molar-refractivity contribution >= 4 is 23.5 Å². The van der Waals surface area contributed by atoms with Gasteiger partial charge in [-0.25, -0.2) is 18.7 Å². The lowest BCUT2D eigenvalue weighted by Gasteiger charge is -2.27. The first kappa shape index (κ1) is 21.1. The molecule has 2 amide bonds. The fourth-order valence-corrected chi connectivity index (χ4v) is 3.65. The lowest BCUT2D eigenvalue weighted by Crippen LogP contribution is -2.52. The van der Waals surface area contributed by atoms with Crippen LogP contribution in [0.4, 0.5) is 20.4 Å². The molecule has 2 aliphatic heterocycles. The third kappa shape index (κ3) is 4.06. The van der Waals surface area contributed by atoms with Gasteiger partial charge in [-0.15, -0.1) is 0 Å². The van der Waals surface area contributed by atoms with Crippen molar-refractivity contribution < 1.29 is 23.5 Å². The quantitative estimate of drug-likeness (QED) is 0.568. The minimum absolute atomic E-state index is 0.0869. The second-order valence-corrected chi connectivity index (χ2v) is 7.44. The molecule has 0 bridgehead atoms. The van der Waals surface area contributed by atoms with Crippen molar-refractivity contribution in [2.45, 2.75) is 18.6 Å². The Kier molecular flexibility index (Phi) is 5.79. The van der Waals surface area contributed by atoms with Crippen molar-refractivity contribution in [3.63, 3.8) is 0 Å². The number of amides is 2. The molecule has 0 spiro atoms. The van der Waals surface area contributed by atoms with Gasteiger partial charge in [0.1, 0.15) is 0 Å². The first-order valence-corrected chi connectivity index (χ1v) is 9.93. The van der Waals surface area contributed by atoms with E-state index in [1.807, 2.05) is 4.90 Å². The van der Waals surface area contributed by atoms with Gasteiger partial charge < -0.3 is 25.5 Å². The van der Waals surface area contributed by atoms with E-state index in [4.69, 9.17) is 0 Å². The molecule has 3 heterocycles. The van der Waals surface area contributed by atoms with Gasteiger partial charge in [-0.2, -0.15) is 0 Å². The molecule has 1 aromatic heterocycles. The van der Waals surface area contributed by atoms with E-state index < -0.39 is 29.0 Å². The number of anilines is 2. The molecule has 31 heavy (non-hydrogen) atoms. The minimum Gasteiger partial charge on any atom is -0.372 e. The molecule has 2 saturated heterocycles. The van der Waals surface area contributed by atoms with E-state index >= 15 is 0 Å². The maximum atomic E-state index is 13.8. The minimum atomic E-state index is -2.30. The summed E-state index contributed by atoms with van der Waals surface area (Å²) in [7, 11) is 0. The SMILES string of the molecule is O=C(NCc1cccc(F)c1F)C1(O)CCN(c2cnc(N3CCNCC3)nc2)C1=O. The van der Waals surface area contributed by atoms with Gasteiger partial charge in [-0.3, -0.25) is 9.59 Å². The Bertz CT molecular complexity index is 983. The summed E-state index contributed by atoms with van der Waals surface area (Å²) in [5.74, 6) is -3.37. The predicted octanol–water partition coefficient (Wildman–Crippen LogP) is -0.0514. The Balaban J connectivity index is 1.42. The second kappa shape index (κ2) is 8.52. The number of nitrogens with zero attached hydrogens (tertiary/aromatic N) is 4. The normalized spacial score (nSPS) is 21.5. The fourth-order valence-electron chi connectivity index (χ4n) is 3.65. The van der Waals surface area contributed by atoms with Crippen LogP contribution in [0.2, 0.25) is 0 Å². The average Bonchev–Trinajstić information content (AvgIpc) is 3.11. The molecule has 4 rings (SSSR count). The van der Waals surface area contributed by atoms with Crippen LogP contribution in [0.25, 0.3) is 0 Å². The highest BCUT2D eigenvalue weighted by atomic mass is 19.2. The molecule has 1 unspecified atom stereocenters. The van der Waals surface area contributed by atoms with Crippen molar-refractivity contribution in [1.82, 2.24) is 20.6 Å². The molecule has 3 N–H and O–H groups in total. The van der Waals surface area contributed by atoms with Crippen LogP contribution in [0.5, 0.6) is 0 Å². The highest BCUT2D eigenvalue weighted by molar-refractivity contribution is 6.16. The van der Waals surface area contributed by atoms with Crippen LogP contribution < -0.4 is 20.4 Å². The van der Waals surface area contributed by atoms with Crippen LogP contribution in [-0.2, 0) is 16.1 Å². The van der Waals surface area contributed by atoms with E-state index in [-0.39, 0.29) is 25.1 Å². The summed E-state index contributed by atoms with van der Waals surface area (Å²) in [6, 6.07) is 3.58. The molecule has 2 fully saturated rings. The number of aliphatic hydroxyl groups is 1. The summed E-state index contributed by atoms with van der Waals surface area (Å²) in [6.07, 6.45) is 2.81. The molecule has 0 radical (unpaired) electrons. The summed E-state index contributed by atoms with van der Waals surface area (Å²) in [5, 5.41) is 16.2. The van der Waals surface area contributed by atoms with Crippen molar-refractivity contribution in [2.24, 2.45) is 0 Å². The molecule has 11 heteroatoms. The summed E-state index contributed by atoms with van der Waals surface area (Å²) < 4.78 is 27.1. The van der Waals surface area contributed by atoms with E-state index in [2.05, 4.69) is 20.6 Å². The molecule has 1 aromatic carbocycles. The summed E-state index contributed by atoms with van der Waals surface area (Å²) in [6.45, 7) is 2.93. The highest BCUT2D eigenvalue weighted by Gasteiger charge is 2.51. The number of benzene rings is 1. The van der Waals surface area contributed by atoms with Crippen molar-refractivity contribution in [1.29, 1.82) is 0 Å². The molecule has 2 aliphatic rings. The largest absolute Gasteiger partial charge is 0.372 e. The van der Waals surface area contributed by atoms with Gasteiger partial charge in [0.05, 0.1) is 18.1 Å². The van der Waals surface area contributed by atoms with Gasteiger partial charge >= 0.3 is 0 Å². The van der Waals surface area contributed by atoms with Crippen molar-refractivity contribution in [3.05, 3.63) is 47.8 Å². The molecule has 2 aromatic rings. The van der Waals surface area contributed by atoms with Crippen molar-refractivity contribution in [3.8, 4) is 0 Å². The Morgan fingerprint density at radius 2 is 1.90 bits per heavy atom. The number of aromatic nitrogens is 2. The molecular weight excluding hydrogens is 410 g/mol. The topological polar surface area (TPSA) is 111 Å². The van der Waals surface area contributed by atoms with Crippen LogP contribution in [0, 0.1) is 11.6 Å². The third-order valence-electron chi connectivity index (χ3n) is 5.48. The fraction of sp³-hybridized carbons (Fsp3) is 0.400. The summed E-state index contributed by atoms with van der Waals surface area (Å²) in [5.41, 5.74) is -2.03. The van der Waals surface area contributed by atoms with Gasteiger partial charge in [0.15, 0.2) is 11.6 Å². The number of hydrogen-bond acceptors (Lipinski definition) is 7. The molecule has 9 nitrogen and oxygen atoms in total. The number of carbonyl (C=O) groups excluding carboxylic acids is 2. The van der Waals surface area contributed by atoms with E-state index in [0.29, 0.717) is 11.6 Å². The number of hydrogen-bond donors (Lipinski definition) is 3. The number of halogens is 2. The van der Waals surface area contributed by atoms with Crippen LogP contribution >= 0.6 is 0 Å². The summed E-state index contributed by atoms with van der Waals surface area (Å²) >= 11 is 0. The van der Waals surface area contributed by atoms with Gasteiger partial charge in [-0.05, 0) is 6.07 Å². The maximum Gasteiger partial charge on any atom is 0.268 e. The lowest BCUT2D eigenvalue weighted by atomic mass is 10.0. The van der Waals surface area contributed by atoms with E-state index in [9.17, 15) is 23.5 Å². The Morgan fingerprint density at radius 3 is 2.61 bits per heavy atom. The lowest BCUT2D eigenvalue weighted by molar-refractivity contribution is -0.149. The second-order valence-electron chi connectivity index (χ2n) is 7.44. The Morgan fingerprint density at radius 1 is 1.19 bits per heavy atom. The number of piperazine rings is 1. The van der Waals surface area contributed by atoms with Crippen LogP contribution in [-0.4, -0.2) is 65.2 Å². The Labute approximate surface area is 177 Å². The zero-order chi connectivity index (χ0) is 22.0. The number of rotatable bonds is 5. The maximum absolute atomic E-state index is 13.8. The predicted molar refractivity (Wildman–Crippen MR) is 107 cm³/mol. The van der Waals surface area contributed by atoms with Crippen molar-refractivity contribution in [2.75, 3.05) is 42.5 Å². The first-order chi connectivity index (χ1) is 14.9. The molecular formula is C20H22F2N6O3. The first-order valence-electron chi connectivity index (χ1n) is 9.93. The van der Waals surface area contributed by atoms with E-state index in [1.165, 1.54) is 29.4 Å². The number of nitrogens with one attached hydrogen (secondary N) is 2. The molecule has 0 aliphatic carbocycles. The molecule has 1 atom stereocenters. The zero-order valence-electron chi connectivity index (χ0n) is 16.6. The van der Waals surface area contributed by atoms with E-state index in [0.717, 1.165) is 32.2 Å². The van der Waals surface area contributed by atoms with Crippen LogP contribution in [0.3, 0.4) is 0 Å². The monoisotopic (exact) mass is 432 g/mol. The van der Waals surface area contributed by atoms with Gasteiger partial charge in [0, 0.05) is 51.3 Å². The van der Waals surface area contributed by atoms with Crippen LogP contribution in [0.1, 0.15) is 12.0 Å². The highest BCUT2D eigenvalue weighted by Crippen LogP contribution is 2.28. The van der Waals surface area contributed by atoms with Gasteiger partial charge in [0.2, 0.25) is 11.5 Å². The molecule has 0 saturated carbocycles. The average molecular weight is 432 g/mol.